The van der Waals surface area contributed by atoms with E-state index in [9.17, 15) is 0 Å². The summed E-state index contributed by atoms with van der Waals surface area (Å²) in [5, 5.41) is 5.49. The van der Waals surface area contributed by atoms with Gasteiger partial charge in [0.2, 0.25) is 0 Å². The van der Waals surface area contributed by atoms with Gasteiger partial charge < -0.3 is 5.32 Å². The van der Waals surface area contributed by atoms with Crippen LogP contribution in [0.2, 0.25) is 0 Å². The fraction of sp³-hybridized carbons (Fsp3) is 0.429. The van der Waals surface area contributed by atoms with Gasteiger partial charge in [0.15, 0.2) is 0 Å². The molecule has 10 heavy (non-hydrogen) atoms. The van der Waals surface area contributed by atoms with Gasteiger partial charge in [-0.25, -0.2) is 0 Å². The first kappa shape index (κ1) is 6.83. The van der Waals surface area contributed by atoms with Crippen LogP contribution in [0.15, 0.2) is 15.9 Å². The highest BCUT2D eigenvalue weighted by Crippen LogP contribution is 2.33. The summed E-state index contributed by atoms with van der Waals surface area (Å²) in [4.78, 5) is 1.45. The first-order chi connectivity index (χ1) is 4.88. The Morgan fingerprint density at radius 3 is 2.90 bits per heavy atom. The minimum absolute atomic E-state index is 0.634. The van der Waals surface area contributed by atoms with E-state index in [1.807, 2.05) is 11.3 Å². The maximum atomic E-state index is 3.51. The molecule has 3 heteroatoms. The highest BCUT2D eigenvalue weighted by molar-refractivity contribution is 9.10. The third-order valence-electron chi connectivity index (χ3n) is 1.79. The number of halogens is 1. The highest BCUT2D eigenvalue weighted by atomic mass is 79.9. The number of thiophene rings is 1. The Labute approximate surface area is 72.6 Å². The molecule has 0 aliphatic carbocycles. The minimum atomic E-state index is 0.634. The molecule has 1 atom stereocenters. The topological polar surface area (TPSA) is 12.0 Å². The first-order valence-corrected chi connectivity index (χ1v) is 5.01. The van der Waals surface area contributed by atoms with Crippen molar-refractivity contribution in [1.82, 2.24) is 5.32 Å². The van der Waals surface area contributed by atoms with Gasteiger partial charge in [0.05, 0.1) is 0 Å². The molecule has 2 rings (SSSR count). The standard InChI is InChI=1S/C7H8BrNS/c8-5-2-4-10-7(5)6-1-3-9-6/h2,4,6,9H,1,3H2. The van der Waals surface area contributed by atoms with E-state index in [4.69, 9.17) is 0 Å². The summed E-state index contributed by atoms with van der Waals surface area (Å²) in [6, 6.07) is 2.74. The lowest BCUT2D eigenvalue weighted by Gasteiger charge is -2.26. The molecule has 0 amide bonds. The first-order valence-electron chi connectivity index (χ1n) is 3.34. The Hall–Kier alpha value is 0.140. The van der Waals surface area contributed by atoms with E-state index in [1.165, 1.54) is 22.3 Å². The molecule has 0 radical (unpaired) electrons. The van der Waals surface area contributed by atoms with Crippen LogP contribution >= 0.6 is 27.3 Å². The molecule has 1 aromatic rings. The smallest absolute Gasteiger partial charge is 0.0438 e. The lowest BCUT2D eigenvalue weighted by atomic mass is 10.1. The van der Waals surface area contributed by atoms with Gasteiger partial charge in [0.1, 0.15) is 0 Å². The van der Waals surface area contributed by atoms with E-state index in [2.05, 4.69) is 32.7 Å². The van der Waals surface area contributed by atoms with Crippen LogP contribution in [0.3, 0.4) is 0 Å². The SMILES string of the molecule is Brc1ccsc1C1CCN1. The van der Waals surface area contributed by atoms with Crippen molar-refractivity contribution in [1.29, 1.82) is 0 Å². The zero-order valence-corrected chi connectivity index (χ0v) is 7.83. The molecule has 1 aromatic heterocycles. The summed E-state index contributed by atoms with van der Waals surface area (Å²) < 4.78 is 1.26. The average molecular weight is 218 g/mol. The van der Waals surface area contributed by atoms with E-state index in [0.29, 0.717) is 6.04 Å². The largest absolute Gasteiger partial charge is 0.309 e. The summed E-state index contributed by atoms with van der Waals surface area (Å²) in [6.07, 6.45) is 1.29. The summed E-state index contributed by atoms with van der Waals surface area (Å²) in [5.41, 5.74) is 0. The third-order valence-corrected chi connectivity index (χ3v) is 3.77. The van der Waals surface area contributed by atoms with Crippen molar-refractivity contribution in [2.75, 3.05) is 6.54 Å². The van der Waals surface area contributed by atoms with Crippen molar-refractivity contribution in [2.45, 2.75) is 12.5 Å². The number of nitrogens with one attached hydrogen (secondary N) is 1. The van der Waals surface area contributed by atoms with Crippen LogP contribution in [-0.2, 0) is 0 Å². The second-order valence-electron chi connectivity index (χ2n) is 2.43. The van der Waals surface area contributed by atoms with Gasteiger partial charge in [-0.15, -0.1) is 11.3 Å². The number of hydrogen-bond acceptors (Lipinski definition) is 2. The van der Waals surface area contributed by atoms with E-state index in [0.717, 1.165) is 0 Å². The predicted octanol–water partition coefficient (Wildman–Crippen LogP) is 2.54. The Morgan fingerprint density at radius 2 is 2.50 bits per heavy atom. The Bertz CT molecular complexity index is 229. The molecule has 1 aliphatic rings. The van der Waals surface area contributed by atoms with Crippen LogP contribution in [0.5, 0.6) is 0 Å². The second kappa shape index (κ2) is 2.64. The summed E-state index contributed by atoms with van der Waals surface area (Å²) >= 11 is 5.34. The van der Waals surface area contributed by atoms with E-state index in [1.54, 1.807) is 0 Å². The Morgan fingerprint density at radius 1 is 1.70 bits per heavy atom. The highest BCUT2D eigenvalue weighted by Gasteiger charge is 2.21. The van der Waals surface area contributed by atoms with E-state index >= 15 is 0 Å². The molecule has 54 valence electrons. The van der Waals surface area contributed by atoms with Crippen LogP contribution in [0, 0.1) is 0 Å². The third kappa shape index (κ3) is 1.02. The lowest BCUT2D eigenvalue weighted by molar-refractivity contribution is 0.388. The fourth-order valence-electron chi connectivity index (χ4n) is 1.07. The van der Waals surface area contributed by atoms with Crippen molar-refractivity contribution < 1.29 is 0 Å². The molecule has 1 nitrogen and oxygen atoms in total. The predicted molar refractivity (Wildman–Crippen MR) is 47.4 cm³/mol. The lowest BCUT2D eigenvalue weighted by Crippen LogP contribution is -2.34. The van der Waals surface area contributed by atoms with E-state index < -0.39 is 0 Å². The monoisotopic (exact) mass is 217 g/mol. The molecular weight excluding hydrogens is 210 g/mol. The van der Waals surface area contributed by atoms with Gasteiger partial charge >= 0.3 is 0 Å². The summed E-state index contributed by atoms with van der Waals surface area (Å²) in [5.74, 6) is 0. The van der Waals surface area contributed by atoms with Crippen molar-refractivity contribution >= 4 is 27.3 Å². The van der Waals surface area contributed by atoms with Gasteiger partial charge in [-0.2, -0.15) is 0 Å². The van der Waals surface area contributed by atoms with Crippen molar-refractivity contribution in [3.8, 4) is 0 Å². The molecule has 0 spiro atoms. The zero-order chi connectivity index (χ0) is 6.97. The molecular formula is C7H8BrNS. The molecule has 0 bridgehead atoms. The van der Waals surface area contributed by atoms with Gasteiger partial charge in [-0.1, -0.05) is 0 Å². The quantitative estimate of drug-likeness (QED) is 0.763. The molecule has 0 aromatic carbocycles. The van der Waals surface area contributed by atoms with Crippen molar-refractivity contribution in [3.05, 3.63) is 20.8 Å². The molecule has 1 aliphatic heterocycles. The zero-order valence-electron chi connectivity index (χ0n) is 5.43. The molecule has 1 fully saturated rings. The molecule has 0 saturated carbocycles. The van der Waals surface area contributed by atoms with Crippen LogP contribution < -0.4 is 5.32 Å². The average Bonchev–Trinajstić information content (AvgIpc) is 2.12. The van der Waals surface area contributed by atoms with Gasteiger partial charge in [-0.05, 0) is 40.3 Å². The molecule has 1 N–H and O–H groups in total. The maximum Gasteiger partial charge on any atom is 0.0438 e. The summed E-state index contributed by atoms with van der Waals surface area (Å²) in [7, 11) is 0. The van der Waals surface area contributed by atoms with Crippen LogP contribution in [0.25, 0.3) is 0 Å². The maximum absolute atomic E-state index is 3.51. The van der Waals surface area contributed by atoms with E-state index in [-0.39, 0.29) is 0 Å². The summed E-state index contributed by atoms with van der Waals surface area (Å²) in [6.45, 7) is 1.18. The number of hydrogen-bond donors (Lipinski definition) is 1. The molecule has 1 unspecified atom stereocenters. The number of rotatable bonds is 1. The van der Waals surface area contributed by atoms with Gasteiger partial charge in [-0.3, -0.25) is 0 Å². The van der Waals surface area contributed by atoms with Crippen LogP contribution in [-0.4, -0.2) is 6.54 Å². The van der Waals surface area contributed by atoms with Crippen molar-refractivity contribution in [3.63, 3.8) is 0 Å². The second-order valence-corrected chi connectivity index (χ2v) is 4.23. The molecule has 1 saturated heterocycles. The normalized spacial score (nSPS) is 24.3. The van der Waals surface area contributed by atoms with Gasteiger partial charge in [0.25, 0.3) is 0 Å². The van der Waals surface area contributed by atoms with Gasteiger partial charge in [0, 0.05) is 15.4 Å². The molecule has 2 heterocycles. The Balaban J connectivity index is 2.23. The van der Waals surface area contributed by atoms with Crippen molar-refractivity contribution in [2.24, 2.45) is 0 Å². The fourth-order valence-corrected chi connectivity index (χ4v) is 2.83. The Kier molecular flexibility index (Phi) is 1.80. The minimum Gasteiger partial charge on any atom is -0.309 e. The van der Waals surface area contributed by atoms with Crippen LogP contribution in [0.4, 0.5) is 0 Å². The van der Waals surface area contributed by atoms with Crippen LogP contribution in [0.1, 0.15) is 17.3 Å².